The minimum atomic E-state index is -0.304. The standard InChI is InChI=1S/C18H19FN2O3S/c1-11-15(25-16(20-11)12-3-5-14(19)6-4-12)17(22)21-9-7-13(8-10-21)18(23)24-2/h3-6,13H,7-10H2,1-2H3. The van der Waals surface area contributed by atoms with Crippen LogP contribution in [0.5, 0.6) is 0 Å². The van der Waals surface area contributed by atoms with E-state index in [1.807, 2.05) is 0 Å². The summed E-state index contributed by atoms with van der Waals surface area (Å²) < 4.78 is 17.8. The Labute approximate surface area is 149 Å². The molecular weight excluding hydrogens is 343 g/mol. The smallest absolute Gasteiger partial charge is 0.308 e. The lowest BCUT2D eigenvalue weighted by molar-refractivity contribution is -0.146. The molecule has 2 aromatic rings. The van der Waals surface area contributed by atoms with E-state index in [-0.39, 0.29) is 23.6 Å². The van der Waals surface area contributed by atoms with Crippen LogP contribution in [0.15, 0.2) is 24.3 Å². The number of benzene rings is 1. The van der Waals surface area contributed by atoms with Crippen molar-refractivity contribution in [1.29, 1.82) is 0 Å². The Balaban J connectivity index is 1.73. The van der Waals surface area contributed by atoms with Crippen molar-refractivity contribution in [1.82, 2.24) is 9.88 Å². The fraction of sp³-hybridized carbons (Fsp3) is 0.389. The van der Waals surface area contributed by atoms with Crippen molar-refractivity contribution < 1.29 is 18.7 Å². The molecule has 0 radical (unpaired) electrons. The lowest BCUT2D eigenvalue weighted by Gasteiger charge is -2.30. The Bertz CT molecular complexity index is 780. The van der Waals surface area contributed by atoms with Crippen molar-refractivity contribution in [3.63, 3.8) is 0 Å². The summed E-state index contributed by atoms with van der Waals surface area (Å²) in [6, 6.07) is 6.07. The van der Waals surface area contributed by atoms with Crippen molar-refractivity contribution in [3.05, 3.63) is 40.7 Å². The van der Waals surface area contributed by atoms with Crippen LogP contribution in [0.1, 0.15) is 28.2 Å². The van der Waals surface area contributed by atoms with E-state index in [9.17, 15) is 14.0 Å². The molecule has 0 bridgehead atoms. The van der Waals surface area contributed by atoms with Crippen LogP contribution in [0.4, 0.5) is 4.39 Å². The molecule has 2 heterocycles. The van der Waals surface area contributed by atoms with E-state index in [0.29, 0.717) is 41.5 Å². The van der Waals surface area contributed by atoms with E-state index in [2.05, 4.69) is 4.98 Å². The predicted molar refractivity (Wildman–Crippen MR) is 92.9 cm³/mol. The molecule has 1 aliphatic heterocycles. The molecule has 1 saturated heterocycles. The third-order valence-electron chi connectivity index (χ3n) is 4.40. The number of esters is 1. The first kappa shape index (κ1) is 17.5. The SMILES string of the molecule is COC(=O)C1CCN(C(=O)c2sc(-c3ccc(F)cc3)nc2C)CC1. The number of likely N-dealkylation sites (tertiary alicyclic amines) is 1. The van der Waals surface area contributed by atoms with Crippen molar-refractivity contribution in [2.45, 2.75) is 19.8 Å². The second-order valence-corrected chi connectivity index (χ2v) is 7.03. The van der Waals surface area contributed by atoms with Gasteiger partial charge in [-0.1, -0.05) is 0 Å². The maximum atomic E-state index is 13.1. The first-order valence-electron chi connectivity index (χ1n) is 8.10. The molecule has 1 aromatic carbocycles. The van der Waals surface area contributed by atoms with E-state index in [4.69, 9.17) is 4.74 Å². The number of carbonyl (C=O) groups excluding carboxylic acids is 2. The summed E-state index contributed by atoms with van der Waals surface area (Å²) in [6.07, 6.45) is 1.22. The number of aryl methyl sites for hydroxylation is 1. The molecule has 25 heavy (non-hydrogen) atoms. The van der Waals surface area contributed by atoms with Gasteiger partial charge in [-0.05, 0) is 44.0 Å². The van der Waals surface area contributed by atoms with E-state index in [1.165, 1.54) is 30.6 Å². The van der Waals surface area contributed by atoms with Gasteiger partial charge in [-0.25, -0.2) is 9.37 Å². The van der Waals surface area contributed by atoms with Gasteiger partial charge in [-0.2, -0.15) is 0 Å². The maximum absolute atomic E-state index is 13.1. The van der Waals surface area contributed by atoms with Gasteiger partial charge in [0.25, 0.3) is 5.91 Å². The van der Waals surface area contributed by atoms with E-state index >= 15 is 0 Å². The van der Waals surface area contributed by atoms with Crippen LogP contribution < -0.4 is 0 Å². The molecule has 0 atom stereocenters. The van der Waals surface area contributed by atoms with Gasteiger partial charge in [0, 0.05) is 18.7 Å². The minimum absolute atomic E-state index is 0.0633. The Kier molecular flexibility index (Phi) is 5.13. The van der Waals surface area contributed by atoms with Gasteiger partial charge in [-0.3, -0.25) is 9.59 Å². The number of hydrogen-bond acceptors (Lipinski definition) is 5. The van der Waals surface area contributed by atoms with Crippen LogP contribution in [0.3, 0.4) is 0 Å². The van der Waals surface area contributed by atoms with Gasteiger partial charge in [0.1, 0.15) is 15.7 Å². The van der Waals surface area contributed by atoms with Crippen molar-refractivity contribution >= 4 is 23.2 Å². The predicted octanol–water partition coefficient (Wildman–Crippen LogP) is 3.28. The molecule has 1 aliphatic rings. The molecule has 0 spiro atoms. The fourth-order valence-electron chi connectivity index (χ4n) is 2.94. The molecule has 132 valence electrons. The third kappa shape index (κ3) is 3.71. The molecule has 7 heteroatoms. The third-order valence-corrected chi connectivity index (χ3v) is 5.59. The number of piperidine rings is 1. The van der Waals surface area contributed by atoms with Gasteiger partial charge in [0.15, 0.2) is 0 Å². The first-order valence-corrected chi connectivity index (χ1v) is 8.91. The number of hydrogen-bond donors (Lipinski definition) is 0. The molecule has 5 nitrogen and oxygen atoms in total. The number of ether oxygens (including phenoxy) is 1. The highest BCUT2D eigenvalue weighted by molar-refractivity contribution is 7.17. The molecule has 0 aliphatic carbocycles. The average Bonchev–Trinajstić information content (AvgIpc) is 3.03. The molecule has 3 rings (SSSR count). The monoisotopic (exact) mass is 362 g/mol. The highest BCUT2D eigenvalue weighted by Crippen LogP contribution is 2.30. The largest absolute Gasteiger partial charge is 0.469 e. The quantitative estimate of drug-likeness (QED) is 0.786. The van der Waals surface area contributed by atoms with Crippen molar-refractivity contribution in [3.8, 4) is 10.6 Å². The van der Waals surface area contributed by atoms with Crippen LogP contribution in [0, 0.1) is 18.7 Å². The normalized spacial score (nSPS) is 15.2. The molecule has 0 N–H and O–H groups in total. The van der Waals surface area contributed by atoms with Crippen LogP contribution in [-0.4, -0.2) is 42.0 Å². The molecule has 1 fully saturated rings. The van der Waals surface area contributed by atoms with E-state index in [1.54, 1.807) is 24.0 Å². The van der Waals surface area contributed by atoms with Crippen molar-refractivity contribution in [2.24, 2.45) is 5.92 Å². The number of rotatable bonds is 3. The zero-order valence-corrected chi connectivity index (χ0v) is 14.9. The molecule has 0 unspecified atom stereocenters. The minimum Gasteiger partial charge on any atom is -0.469 e. The van der Waals surface area contributed by atoms with Crippen LogP contribution in [-0.2, 0) is 9.53 Å². The molecular formula is C18H19FN2O3S. The molecule has 0 saturated carbocycles. The number of aromatic nitrogens is 1. The van der Waals surface area contributed by atoms with Gasteiger partial charge in [0.2, 0.25) is 0 Å². The lowest BCUT2D eigenvalue weighted by atomic mass is 9.97. The average molecular weight is 362 g/mol. The van der Waals surface area contributed by atoms with Crippen molar-refractivity contribution in [2.75, 3.05) is 20.2 Å². The Morgan fingerprint density at radius 3 is 2.48 bits per heavy atom. The van der Waals surface area contributed by atoms with Crippen LogP contribution in [0.2, 0.25) is 0 Å². The first-order chi connectivity index (χ1) is 12.0. The van der Waals surface area contributed by atoms with Gasteiger partial charge >= 0.3 is 5.97 Å². The zero-order chi connectivity index (χ0) is 18.0. The maximum Gasteiger partial charge on any atom is 0.308 e. The Hall–Kier alpha value is -2.28. The van der Waals surface area contributed by atoms with E-state index < -0.39 is 0 Å². The summed E-state index contributed by atoms with van der Waals surface area (Å²) in [4.78, 5) is 31.2. The lowest BCUT2D eigenvalue weighted by Crippen LogP contribution is -2.40. The summed E-state index contributed by atoms with van der Waals surface area (Å²) in [5, 5.41) is 0.699. The Morgan fingerprint density at radius 1 is 1.24 bits per heavy atom. The molecule has 1 aromatic heterocycles. The zero-order valence-electron chi connectivity index (χ0n) is 14.1. The van der Waals surface area contributed by atoms with Crippen LogP contribution >= 0.6 is 11.3 Å². The second kappa shape index (κ2) is 7.31. The summed E-state index contributed by atoms with van der Waals surface area (Å²) in [5.41, 5.74) is 1.46. The van der Waals surface area contributed by atoms with E-state index in [0.717, 1.165) is 5.56 Å². The number of methoxy groups -OCH3 is 1. The van der Waals surface area contributed by atoms with Gasteiger partial charge in [0.05, 0.1) is 18.7 Å². The second-order valence-electron chi connectivity index (χ2n) is 6.03. The fourth-order valence-corrected chi connectivity index (χ4v) is 3.98. The topological polar surface area (TPSA) is 59.5 Å². The number of amides is 1. The summed E-state index contributed by atoms with van der Waals surface area (Å²) >= 11 is 1.32. The van der Waals surface area contributed by atoms with Gasteiger partial charge in [-0.15, -0.1) is 11.3 Å². The van der Waals surface area contributed by atoms with Gasteiger partial charge < -0.3 is 9.64 Å². The number of thiazole rings is 1. The summed E-state index contributed by atoms with van der Waals surface area (Å²) in [5.74, 6) is -0.709. The van der Waals surface area contributed by atoms with Crippen LogP contribution in [0.25, 0.3) is 10.6 Å². The summed E-state index contributed by atoms with van der Waals surface area (Å²) in [7, 11) is 1.39. The number of carbonyl (C=O) groups is 2. The summed E-state index contributed by atoms with van der Waals surface area (Å²) in [6.45, 7) is 2.86. The highest BCUT2D eigenvalue weighted by Gasteiger charge is 2.30. The highest BCUT2D eigenvalue weighted by atomic mass is 32.1. The molecule has 1 amide bonds. The number of nitrogens with zero attached hydrogens (tertiary/aromatic N) is 2. The Morgan fingerprint density at radius 2 is 1.88 bits per heavy atom. The number of halogens is 1.